The van der Waals surface area contributed by atoms with Crippen LogP contribution in [0.15, 0.2) is 29.2 Å². The van der Waals surface area contributed by atoms with Crippen molar-refractivity contribution in [2.45, 2.75) is 18.2 Å². The summed E-state index contributed by atoms with van der Waals surface area (Å²) in [7, 11) is -3.18. The molecule has 0 aliphatic carbocycles. The van der Waals surface area contributed by atoms with Crippen LogP contribution >= 0.6 is 0 Å². The summed E-state index contributed by atoms with van der Waals surface area (Å²) in [6.45, 7) is 2.07. The molecule has 0 atom stereocenters. The highest BCUT2D eigenvalue weighted by atomic mass is 32.2. The standard InChI is InChI=1S/C13H14O4S/c1-3-17-13(14)6-4-5-11-7-9-12(10-8-11)18(2,15)16/h7-10H,3,6H2,1-2H3. The fraction of sp³-hybridized carbons (Fsp3) is 0.308. The molecule has 0 radical (unpaired) electrons. The molecule has 96 valence electrons. The second-order valence-corrected chi connectivity index (χ2v) is 5.60. The molecule has 5 heteroatoms. The topological polar surface area (TPSA) is 60.4 Å². The molecule has 0 heterocycles. The lowest BCUT2D eigenvalue weighted by Crippen LogP contribution is -2.01. The third kappa shape index (κ3) is 4.60. The molecule has 1 aromatic carbocycles. The smallest absolute Gasteiger partial charge is 0.317 e. The van der Waals surface area contributed by atoms with Gasteiger partial charge in [-0.25, -0.2) is 8.42 Å². The van der Waals surface area contributed by atoms with E-state index in [4.69, 9.17) is 4.74 Å². The maximum atomic E-state index is 11.2. The lowest BCUT2D eigenvalue weighted by molar-refractivity contribution is -0.141. The first-order chi connectivity index (χ1) is 8.43. The number of carbonyl (C=O) groups excluding carboxylic acids is 1. The van der Waals surface area contributed by atoms with E-state index >= 15 is 0 Å². The molecule has 0 amide bonds. The SMILES string of the molecule is CCOC(=O)CC#Cc1ccc(S(C)(=O)=O)cc1. The van der Waals surface area contributed by atoms with Crippen molar-refractivity contribution in [3.05, 3.63) is 29.8 Å². The third-order valence-corrected chi connectivity index (χ3v) is 3.18. The summed E-state index contributed by atoms with van der Waals surface area (Å²) in [5, 5.41) is 0. The van der Waals surface area contributed by atoms with Gasteiger partial charge >= 0.3 is 5.97 Å². The molecule has 1 rings (SSSR count). The van der Waals surface area contributed by atoms with Crippen molar-refractivity contribution in [2.75, 3.05) is 12.9 Å². The Balaban J connectivity index is 2.71. The molecule has 1 aromatic rings. The molecule has 18 heavy (non-hydrogen) atoms. The zero-order valence-corrected chi connectivity index (χ0v) is 11.1. The Labute approximate surface area is 107 Å². The summed E-state index contributed by atoms with van der Waals surface area (Å²) in [5.74, 6) is 5.07. The minimum absolute atomic E-state index is 0.0294. The molecule has 0 bridgehead atoms. The minimum atomic E-state index is -3.18. The van der Waals surface area contributed by atoms with E-state index in [1.54, 1.807) is 19.1 Å². The highest BCUT2D eigenvalue weighted by Crippen LogP contribution is 2.09. The van der Waals surface area contributed by atoms with Gasteiger partial charge in [-0.3, -0.25) is 4.79 Å². The minimum Gasteiger partial charge on any atom is -0.465 e. The Morgan fingerprint density at radius 1 is 1.28 bits per heavy atom. The van der Waals surface area contributed by atoms with E-state index in [2.05, 4.69) is 11.8 Å². The van der Waals surface area contributed by atoms with E-state index in [9.17, 15) is 13.2 Å². The zero-order chi connectivity index (χ0) is 13.6. The number of esters is 1. The number of rotatable bonds is 3. The van der Waals surface area contributed by atoms with E-state index < -0.39 is 9.84 Å². The predicted octanol–water partition coefficient (Wildman–Crippen LogP) is 1.39. The molecule has 0 fully saturated rings. The average Bonchev–Trinajstić information content (AvgIpc) is 2.29. The Morgan fingerprint density at radius 2 is 1.89 bits per heavy atom. The molecule has 0 spiro atoms. The van der Waals surface area contributed by atoms with Crippen LogP contribution in [0, 0.1) is 11.8 Å². The van der Waals surface area contributed by atoms with Gasteiger partial charge in [0.1, 0.15) is 6.42 Å². The van der Waals surface area contributed by atoms with E-state index in [1.165, 1.54) is 12.1 Å². The van der Waals surface area contributed by atoms with Crippen molar-refractivity contribution in [1.29, 1.82) is 0 Å². The van der Waals surface area contributed by atoms with Crippen LogP contribution in [0.25, 0.3) is 0 Å². The van der Waals surface area contributed by atoms with Gasteiger partial charge in [0.15, 0.2) is 9.84 Å². The van der Waals surface area contributed by atoms with Gasteiger partial charge in [-0.05, 0) is 31.2 Å². The van der Waals surface area contributed by atoms with Crippen molar-refractivity contribution in [2.24, 2.45) is 0 Å². The monoisotopic (exact) mass is 266 g/mol. The predicted molar refractivity (Wildman–Crippen MR) is 67.7 cm³/mol. The zero-order valence-electron chi connectivity index (χ0n) is 10.3. The summed E-state index contributed by atoms with van der Waals surface area (Å²) in [5.41, 5.74) is 0.659. The van der Waals surface area contributed by atoms with Crippen molar-refractivity contribution in [1.82, 2.24) is 0 Å². The van der Waals surface area contributed by atoms with Crippen molar-refractivity contribution in [3.8, 4) is 11.8 Å². The number of hydrogen-bond acceptors (Lipinski definition) is 4. The van der Waals surface area contributed by atoms with E-state index in [1.807, 2.05) is 0 Å². The Kier molecular flexibility index (Phi) is 4.93. The number of hydrogen-bond donors (Lipinski definition) is 0. The molecule has 0 aromatic heterocycles. The maximum absolute atomic E-state index is 11.2. The molecule has 0 N–H and O–H groups in total. The quantitative estimate of drug-likeness (QED) is 0.613. The molecule has 0 aliphatic rings. The lowest BCUT2D eigenvalue weighted by Gasteiger charge is -1.97. The van der Waals surface area contributed by atoms with Crippen LogP contribution < -0.4 is 0 Å². The molecule has 0 saturated heterocycles. The van der Waals surface area contributed by atoms with E-state index in [0.29, 0.717) is 12.2 Å². The summed E-state index contributed by atoms with van der Waals surface area (Å²) < 4.78 is 27.2. The largest absolute Gasteiger partial charge is 0.465 e. The Hall–Kier alpha value is -1.80. The molecule has 0 aliphatic heterocycles. The summed E-state index contributed by atoms with van der Waals surface area (Å²) in [4.78, 5) is 11.3. The van der Waals surface area contributed by atoms with Crippen molar-refractivity contribution >= 4 is 15.8 Å². The van der Waals surface area contributed by atoms with Gasteiger partial charge in [0.25, 0.3) is 0 Å². The summed E-state index contributed by atoms with van der Waals surface area (Å²) >= 11 is 0. The molecular weight excluding hydrogens is 252 g/mol. The highest BCUT2D eigenvalue weighted by Gasteiger charge is 2.05. The number of ether oxygens (including phenoxy) is 1. The van der Waals surface area contributed by atoms with E-state index in [0.717, 1.165) is 6.26 Å². The first kappa shape index (κ1) is 14.3. The fourth-order valence-electron chi connectivity index (χ4n) is 1.22. The normalized spacial score (nSPS) is 10.3. The van der Waals surface area contributed by atoms with Gasteiger partial charge in [-0.2, -0.15) is 0 Å². The number of carbonyl (C=O) groups is 1. The highest BCUT2D eigenvalue weighted by molar-refractivity contribution is 7.90. The van der Waals surface area contributed by atoms with Crippen LogP contribution in [0.1, 0.15) is 18.9 Å². The van der Waals surface area contributed by atoms with Crippen LogP contribution in [-0.2, 0) is 19.4 Å². The van der Waals surface area contributed by atoms with Gasteiger partial charge in [0.05, 0.1) is 11.5 Å². The maximum Gasteiger partial charge on any atom is 0.317 e. The lowest BCUT2D eigenvalue weighted by atomic mass is 10.2. The average molecular weight is 266 g/mol. The van der Waals surface area contributed by atoms with Crippen LogP contribution in [0.5, 0.6) is 0 Å². The fourth-order valence-corrected chi connectivity index (χ4v) is 1.85. The first-order valence-electron chi connectivity index (χ1n) is 5.38. The Morgan fingerprint density at radius 3 is 2.39 bits per heavy atom. The summed E-state index contributed by atoms with van der Waals surface area (Å²) in [6, 6.07) is 6.19. The number of benzene rings is 1. The molecule has 0 saturated carbocycles. The van der Waals surface area contributed by atoms with Crippen molar-refractivity contribution < 1.29 is 17.9 Å². The molecule has 4 nitrogen and oxygen atoms in total. The Bertz CT molecular complexity index is 574. The third-order valence-electron chi connectivity index (χ3n) is 2.05. The van der Waals surface area contributed by atoms with Crippen LogP contribution in [-0.4, -0.2) is 27.2 Å². The molecular formula is C13H14O4S. The number of sulfone groups is 1. The van der Waals surface area contributed by atoms with Crippen LogP contribution in [0.3, 0.4) is 0 Å². The summed E-state index contributed by atoms with van der Waals surface area (Å²) in [6.07, 6.45) is 1.18. The van der Waals surface area contributed by atoms with E-state index in [-0.39, 0.29) is 17.3 Å². The van der Waals surface area contributed by atoms with Gasteiger partial charge < -0.3 is 4.74 Å². The van der Waals surface area contributed by atoms with Crippen molar-refractivity contribution in [3.63, 3.8) is 0 Å². The van der Waals surface area contributed by atoms with Gasteiger partial charge in [-0.15, -0.1) is 0 Å². The van der Waals surface area contributed by atoms with Crippen LogP contribution in [0.4, 0.5) is 0 Å². The van der Waals surface area contributed by atoms with Gasteiger partial charge in [-0.1, -0.05) is 11.8 Å². The van der Waals surface area contributed by atoms with Gasteiger partial charge in [0.2, 0.25) is 0 Å². The van der Waals surface area contributed by atoms with Crippen LogP contribution in [0.2, 0.25) is 0 Å². The second kappa shape index (κ2) is 6.22. The molecule has 0 unspecified atom stereocenters. The van der Waals surface area contributed by atoms with Gasteiger partial charge in [0, 0.05) is 11.8 Å². The second-order valence-electron chi connectivity index (χ2n) is 3.58. The first-order valence-corrected chi connectivity index (χ1v) is 7.27.